The van der Waals surface area contributed by atoms with Gasteiger partial charge in [-0.25, -0.2) is 4.98 Å². The summed E-state index contributed by atoms with van der Waals surface area (Å²) in [6.45, 7) is 0. The first-order valence-electron chi connectivity index (χ1n) is 6.68. The zero-order chi connectivity index (χ0) is 13.1. The summed E-state index contributed by atoms with van der Waals surface area (Å²) in [5.74, 6) is 3.35. The third-order valence-electron chi connectivity index (χ3n) is 5.02. The SMILES string of the molecule is Nc1ncc([N+](=O)[O-])c(NC2C3C4CCC(C4)C23)n1. The molecule has 1 aromatic rings. The second-order valence-electron chi connectivity index (χ2n) is 5.88. The van der Waals surface area contributed by atoms with Crippen LogP contribution in [-0.4, -0.2) is 20.9 Å². The van der Waals surface area contributed by atoms with Crippen molar-refractivity contribution in [1.29, 1.82) is 0 Å². The highest BCUT2D eigenvalue weighted by atomic mass is 16.6. The van der Waals surface area contributed by atoms with Gasteiger partial charge in [0.2, 0.25) is 11.8 Å². The third kappa shape index (κ3) is 1.50. The van der Waals surface area contributed by atoms with Crippen LogP contribution in [0, 0.1) is 33.8 Å². The molecule has 0 amide bonds. The van der Waals surface area contributed by atoms with E-state index >= 15 is 0 Å². The van der Waals surface area contributed by atoms with Crippen molar-refractivity contribution in [3.8, 4) is 0 Å². The predicted octanol–water partition coefficient (Wildman–Crippen LogP) is 1.42. The van der Waals surface area contributed by atoms with E-state index in [1.165, 1.54) is 25.5 Å². The van der Waals surface area contributed by atoms with Crippen LogP contribution < -0.4 is 11.1 Å². The summed E-state index contributed by atoms with van der Waals surface area (Å²) in [7, 11) is 0. The first-order valence-corrected chi connectivity index (χ1v) is 6.68. The highest BCUT2D eigenvalue weighted by molar-refractivity contribution is 5.58. The van der Waals surface area contributed by atoms with E-state index in [0.717, 1.165) is 11.8 Å². The van der Waals surface area contributed by atoms with E-state index in [2.05, 4.69) is 15.3 Å². The topological polar surface area (TPSA) is 107 Å². The van der Waals surface area contributed by atoms with Gasteiger partial charge in [-0.05, 0) is 42.9 Å². The molecule has 0 aliphatic heterocycles. The summed E-state index contributed by atoms with van der Waals surface area (Å²) in [4.78, 5) is 18.2. The van der Waals surface area contributed by atoms with Gasteiger partial charge < -0.3 is 11.1 Å². The van der Waals surface area contributed by atoms with Crippen LogP contribution in [0.4, 0.5) is 17.5 Å². The van der Waals surface area contributed by atoms with Gasteiger partial charge >= 0.3 is 5.69 Å². The Morgan fingerprint density at radius 2 is 2.05 bits per heavy atom. The largest absolute Gasteiger partial charge is 0.368 e. The number of hydrogen-bond acceptors (Lipinski definition) is 6. The fraction of sp³-hybridized carbons (Fsp3) is 0.667. The van der Waals surface area contributed by atoms with Crippen molar-refractivity contribution in [1.82, 2.24) is 9.97 Å². The van der Waals surface area contributed by atoms with E-state index in [1.807, 2.05) is 0 Å². The molecule has 0 radical (unpaired) electrons. The van der Waals surface area contributed by atoms with Crippen molar-refractivity contribution in [3.05, 3.63) is 16.3 Å². The standard InChI is InChI=1S/C12H15N5O2/c13-12-14-4-7(17(18)19)11(16-12)15-10-8-5-1-2-6(3-5)9(8)10/h4-6,8-10H,1-3H2,(H3,13,14,15,16). The minimum atomic E-state index is -0.464. The van der Waals surface area contributed by atoms with Crippen molar-refractivity contribution in [2.75, 3.05) is 11.1 Å². The molecular weight excluding hydrogens is 246 g/mol. The molecule has 4 atom stereocenters. The average molecular weight is 261 g/mol. The van der Waals surface area contributed by atoms with Crippen LogP contribution in [0.5, 0.6) is 0 Å². The van der Waals surface area contributed by atoms with E-state index in [-0.39, 0.29) is 17.5 Å². The van der Waals surface area contributed by atoms with Crippen LogP contribution in [-0.2, 0) is 0 Å². The number of hydrogen-bond donors (Lipinski definition) is 2. The molecule has 7 heteroatoms. The van der Waals surface area contributed by atoms with Gasteiger partial charge in [-0.1, -0.05) is 0 Å². The zero-order valence-electron chi connectivity index (χ0n) is 10.3. The van der Waals surface area contributed by atoms with Crippen LogP contribution in [0.1, 0.15) is 19.3 Å². The first-order chi connectivity index (χ1) is 9.15. The fourth-order valence-corrected chi connectivity index (χ4v) is 4.31. The van der Waals surface area contributed by atoms with Gasteiger partial charge in [-0.3, -0.25) is 10.1 Å². The molecule has 0 spiro atoms. The lowest BCUT2D eigenvalue weighted by atomic mass is 10.0. The van der Waals surface area contributed by atoms with Gasteiger partial charge in [0.15, 0.2) is 0 Å². The summed E-state index contributed by atoms with van der Waals surface area (Å²) >= 11 is 0. The Kier molecular flexibility index (Phi) is 2.05. The molecule has 7 nitrogen and oxygen atoms in total. The Hall–Kier alpha value is -1.92. The summed E-state index contributed by atoms with van der Waals surface area (Å²) in [5.41, 5.74) is 5.43. The quantitative estimate of drug-likeness (QED) is 0.629. The monoisotopic (exact) mass is 261 g/mol. The van der Waals surface area contributed by atoms with Crippen molar-refractivity contribution < 1.29 is 4.92 Å². The third-order valence-corrected chi connectivity index (χ3v) is 5.02. The van der Waals surface area contributed by atoms with E-state index in [9.17, 15) is 10.1 Å². The van der Waals surface area contributed by atoms with Gasteiger partial charge in [-0.2, -0.15) is 4.98 Å². The minimum Gasteiger partial charge on any atom is -0.368 e. The minimum absolute atomic E-state index is 0.0712. The Labute approximate surface area is 109 Å². The molecular formula is C12H15N5O2. The van der Waals surface area contributed by atoms with Crippen molar-refractivity contribution in [2.45, 2.75) is 25.3 Å². The van der Waals surface area contributed by atoms with Crippen LogP contribution in [0.3, 0.4) is 0 Å². The fourth-order valence-electron chi connectivity index (χ4n) is 4.31. The summed E-state index contributed by atoms with van der Waals surface area (Å²) in [5, 5.41) is 14.2. The lowest BCUT2D eigenvalue weighted by Gasteiger charge is -2.11. The lowest BCUT2D eigenvalue weighted by Crippen LogP contribution is -2.15. The molecule has 3 aliphatic carbocycles. The molecule has 4 unspecified atom stereocenters. The van der Waals surface area contributed by atoms with Crippen LogP contribution in [0.15, 0.2) is 6.20 Å². The van der Waals surface area contributed by atoms with Gasteiger partial charge in [-0.15, -0.1) is 0 Å². The lowest BCUT2D eigenvalue weighted by molar-refractivity contribution is -0.384. The Morgan fingerprint density at radius 3 is 2.68 bits per heavy atom. The number of rotatable bonds is 3. The van der Waals surface area contributed by atoms with Crippen LogP contribution in [0.25, 0.3) is 0 Å². The summed E-state index contributed by atoms with van der Waals surface area (Å²) in [6.07, 6.45) is 5.16. The van der Waals surface area contributed by atoms with Crippen molar-refractivity contribution >= 4 is 17.5 Å². The maximum absolute atomic E-state index is 11.0. The molecule has 3 aliphatic rings. The molecule has 2 bridgehead atoms. The second kappa shape index (κ2) is 3.55. The zero-order valence-corrected chi connectivity index (χ0v) is 10.3. The second-order valence-corrected chi connectivity index (χ2v) is 5.88. The molecule has 0 aromatic carbocycles. The van der Waals surface area contributed by atoms with Gasteiger partial charge in [0.05, 0.1) is 4.92 Å². The van der Waals surface area contributed by atoms with E-state index in [1.54, 1.807) is 0 Å². The van der Waals surface area contributed by atoms with Crippen LogP contribution in [0.2, 0.25) is 0 Å². The highest BCUT2D eigenvalue weighted by Gasteiger charge is 2.65. The molecule has 4 rings (SSSR count). The van der Waals surface area contributed by atoms with Crippen molar-refractivity contribution in [2.24, 2.45) is 23.7 Å². The normalized spacial score (nSPS) is 38.0. The molecule has 100 valence electrons. The maximum Gasteiger partial charge on any atom is 0.329 e. The molecule has 3 N–H and O–H groups in total. The number of fused-ring (bicyclic) bond motifs is 5. The molecule has 0 saturated heterocycles. The van der Waals surface area contributed by atoms with E-state index < -0.39 is 4.92 Å². The number of nitrogen functional groups attached to an aromatic ring is 1. The number of nitrogens with two attached hydrogens (primary N) is 1. The number of nitrogens with one attached hydrogen (secondary N) is 1. The van der Waals surface area contributed by atoms with Gasteiger partial charge in [0, 0.05) is 6.04 Å². The average Bonchev–Trinajstić information content (AvgIpc) is 2.78. The summed E-state index contributed by atoms with van der Waals surface area (Å²) < 4.78 is 0. The Morgan fingerprint density at radius 1 is 1.37 bits per heavy atom. The molecule has 19 heavy (non-hydrogen) atoms. The first kappa shape index (κ1) is 11.0. The highest BCUT2D eigenvalue weighted by Crippen LogP contribution is 2.66. The summed E-state index contributed by atoms with van der Waals surface area (Å²) in [6, 6.07) is 0.347. The van der Waals surface area contributed by atoms with Gasteiger partial charge in [0.25, 0.3) is 0 Å². The van der Waals surface area contributed by atoms with Crippen molar-refractivity contribution in [3.63, 3.8) is 0 Å². The molecule has 3 fully saturated rings. The number of aromatic nitrogens is 2. The predicted molar refractivity (Wildman–Crippen MR) is 68.3 cm³/mol. The molecule has 1 aromatic heterocycles. The number of nitro groups is 1. The van der Waals surface area contributed by atoms with E-state index in [4.69, 9.17) is 5.73 Å². The Bertz CT molecular complexity index is 547. The molecule has 3 saturated carbocycles. The number of nitrogens with zero attached hydrogens (tertiary/aromatic N) is 3. The Balaban J connectivity index is 1.58. The maximum atomic E-state index is 11.0. The van der Waals surface area contributed by atoms with Gasteiger partial charge in [0.1, 0.15) is 6.20 Å². The van der Waals surface area contributed by atoms with Crippen LogP contribution >= 0.6 is 0 Å². The van der Waals surface area contributed by atoms with E-state index in [0.29, 0.717) is 17.9 Å². The number of anilines is 2. The molecule has 1 heterocycles. The smallest absolute Gasteiger partial charge is 0.329 e.